The Balaban J connectivity index is 2.75. The quantitative estimate of drug-likeness (QED) is 0.522. The molecule has 0 saturated carbocycles. The summed E-state index contributed by atoms with van der Waals surface area (Å²) in [6.07, 6.45) is 0. The molecule has 0 aliphatic carbocycles. The lowest BCUT2D eigenvalue weighted by Crippen LogP contribution is -2.00. The number of nitro groups is 1. The standard InChI is InChI=1S/C10H10N4O3S/c1-13-9(11-12-10(13)18)6-4-3-5-7(17-2)8(6)14(15)16/h3-5H,1-2H3,(H,12,18). The summed E-state index contributed by atoms with van der Waals surface area (Å²) in [5, 5.41) is 17.7. The van der Waals surface area contributed by atoms with Crippen LogP contribution in [0.1, 0.15) is 0 Å². The number of hydrogen-bond donors (Lipinski definition) is 1. The molecule has 2 aromatic rings. The summed E-state index contributed by atoms with van der Waals surface area (Å²) in [7, 11) is 3.07. The number of ether oxygens (including phenoxy) is 1. The first-order valence-corrected chi connectivity index (χ1v) is 5.40. The number of nitrogens with zero attached hydrogens (tertiary/aromatic N) is 3. The fraction of sp³-hybridized carbons (Fsp3) is 0.200. The zero-order valence-corrected chi connectivity index (χ0v) is 10.5. The third kappa shape index (κ3) is 1.86. The molecule has 0 amide bonds. The number of rotatable bonds is 3. The van der Waals surface area contributed by atoms with Gasteiger partial charge in [-0.3, -0.25) is 15.2 Å². The highest BCUT2D eigenvalue weighted by molar-refractivity contribution is 7.71. The van der Waals surface area contributed by atoms with E-state index in [1.54, 1.807) is 23.7 Å². The number of nitro benzene ring substituents is 1. The third-order valence-corrected chi connectivity index (χ3v) is 2.89. The number of hydrogen-bond acceptors (Lipinski definition) is 5. The van der Waals surface area contributed by atoms with Gasteiger partial charge >= 0.3 is 5.69 Å². The van der Waals surface area contributed by atoms with Crippen molar-refractivity contribution in [3.8, 4) is 17.1 Å². The molecule has 0 radical (unpaired) electrons. The van der Waals surface area contributed by atoms with Crippen LogP contribution in [0.25, 0.3) is 11.4 Å². The van der Waals surface area contributed by atoms with Gasteiger partial charge in [0, 0.05) is 7.05 Å². The van der Waals surface area contributed by atoms with Gasteiger partial charge in [0.15, 0.2) is 16.3 Å². The Labute approximate surface area is 107 Å². The Morgan fingerprint density at radius 2 is 2.28 bits per heavy atom. The molecule has 0 atom stereocenters. The molecule has 0 unspecified atom stereocenters. The molecular formula is C10H10N4O3S. The van der Waals surface area contributed by atoms with E-state index in [0.717, 1.165) is 0 Å². The number of aromatic amines is 1. The number of methoxy groups -OCH3 is 1. The van der Waals surface area contributed by atoms with E-state index in [1.807, 2.05) is 0 Å². The van der Waals surface area contributed by atoms with Gasteiger partial charge in [0.25, 0.3) is 0 Å². The SMILES string of the molecule is COc1cccc(-c2n[nH]c(=S)n2C)c1[N+](=O)[O-]. The molecule has 0 fully saturated rings. The van der Waals surface area contributed by atoms with Gasteiger partial charge in [0.1, 0.15) is 5.56 Å². The van der Waals surface area contributed by atoms with Gasteiger partial charge in [0.05, 0.1) is 12.0 Å². The lowest BCUT2D eigenvalue weighted by Gasteiger charge is -2.06. The van der Waals surface area contributed by atoms with Gasteiger partial charge in [0.2, 0.25) is 0 Å². The zero-order chi connectivity index (χ0) is 13.3. The van der Waals surface area contributed by atoms with E-state index in [9.17, 15) is 10.1 Å². The van der Waals surface area contributed by atoms with Crippen LogP contribution in [-0.4, -0.2) is 26.8 Å². The molecule has 1 aromatic carbocycles. The van der Waals surface area contributed by atoms with Crippen LogP contribution in [-0.2, 0) is 7.05 Å². The molecule has 0 saturated heterocycles. The van der Waals surface area contributed by atoms with Crippen molar-refractivity contribution in [1.29, 1.82) is 0 Å². The third-order valence-electron chi connectivity index (χ3n) is 2.52. The van der Waals surface area contributed by atoms with Gasteiger partial charge < -0.3 is 9.30 Å². The Morgan fingerprint density at radius 3 is 2.78 bits per heavy atom. The number of benzene rings is 1. The average Bonchev–Trinajstić information content (AvgIpc) is 2.69. The van der Waals surface area contributed by atoms with Crippen molar-refractivity contribution in [3.05, 3.63) is 33.1 Å². The van der Waals surface area contributed by atoms with Crippen LogP contribution in [0.2, 0.25) is 0 Å². The van der Waals surface area contributed by atoms with Crippen LogP contribution in [0.3, 0.4) is 0 Å². The van der Waals surface area contributed by atoms with E-state index >= 15 is 0 Å². The maximum Gasteiger partial charge on any atom is 0.321 e. The second-order valence-corrected chi connectivity index (χ2v) is 3.91. The molecule has 1 N–H and O–H groups in total. The minimum absolute atomic E-state index is 0.128. The second-order valence-electron chi connectivity index (χ2n) is 3.52. The Bertz CT molecular complexity index is 661. The lowest BCUT2D eigenvalue weighted by molar-refractivity contribution is -0.385. The van der Waals surface area contributed by atoms with Gasteiger partial charge in [-0.2, -0.15) is 5.10 Å². The number of para-hydroxylation sites is 1. The van der Waals surface area contributed by atoms with E-state index in [1.165, 1.54) is 13.2 Å². The van der Waals surface area contributed by atoms with Crippen molar-refractivity contribution in [2.75, 3.05) is 7.11 Å². The normalized spacial score (nSPS) is 10.3. The van der Waals surface area contributed by atoms with Gasteiger partial charge in [-0.1, -0.05) is 6.07 Å². The Kier molecular flexibility index (Phi) is 3.11. The molecule has 0 aliphatic heterocycles. The van der Waals surface area contributed by atoms with Crippen LogP contribution in [0, 0.1) is 14.9 Å². The molecule has 0 bridgehead atoms. The van der Waals surface area contributed by atoms with Crippen molar-refractivity contribution >= 4 is 17.9 Å². The molecular weight excluding hydrogens is 256 g/mol. The smallest absolute Gasteiger partial charge is 0.321 e. The topological polar surface area (TPSA) is 86.0 Å². The number of nitrogens with one attached hydrogen (secondary N) is 1. The maximum absolute atomic E-state index is 11.1. The second kappa shape index (κ2) is 4.57. The van der Waals surface area contributed by atoms with Gasteiger partial charge in [-0.25, -0.2) is 0 Å². The summed E-state index contributed by atoms with van der Waals surface area (Å²) in [5.74, 6) is 0.581. The first-order valence-electron chi connectivity index (χ1n) is 4.99. The number of H-pyrrole nitrogens is 1. The van der Waals surface area contributed by atoms with E-state index in [-0.39, 0.29) is 11.4 Å². The van der Waals surface area contributed by atoms with Crippen LogP contribution in [0.15, 0.2) is 18.2 Å². The largest absolute Gasteiger partial charge is 0.490 e. The highest BCUT2D eigenvalue weighted by Crippen LogP contribution is 2.36. The van der Waals surface area contributed by atoms with Crippen LogP contribution >= 0.6 is 12.2 Å². The van der Waals surface area contributed by atoms with Gasteiger partial charge in [-0.15, -0.1) is 0 Å². The predicted molar refractivity (Wildman–Crippen MR) is 67.0 cm³/mol. The Hall–Kier alpha value is -2.22. The van der Waals surface area contributed by atoms with E-state index in [0.29, 0.717) is 16.2 Å². The first kappa shape index (κ1) is 12.2. The molecule has 0 aliphatic rings. The minimum atomic E-state index is -0.494. The van der Waals surface area contributed by atoms with Crippen molar-refractivity contribution in [2.24, 2.45) is 7.05 Å². The minimum Gasteiger partial charge on any atom is -0.490 e. The van der Waals surface area contributed by atoms with Crippen LogP contribution in [0.5, 0.6) is 5.75 Å². The summed E-state index contributed by atoms with van der Waals surface area (Å²) >= 11 is 4.99. The fourth-order valence-corrected chi connectivity index (χ4v) is 1.78. The van der Waals surface area contributed by atoms with E-state index in [4.69, 9.17) is 17.0 Å². The maximum atomic E-state index is 11.1. The summed E-state index contributed by atoms with van der Waals surface area (Å²) in [6.45, 7) is 0. The highest BCUT2D eigenvalue weighted by atomic mass is 32.1. The van der Waals surface area contributed by atoms with E-state index in [2.05, 4.69) is 10.2 Å². The monoisotopic (exact) mass is 266 g/mol. The van der Waals surface area contributed by atoms with E-state index < -0.39 is 4.92 Å². The summed E-state index contributed by atoms with van der Waals surface area (Å²) in [6, 6.07) is 4.80. The van der Waals surface area contributed by atoms with Crippen LogP contribution < -0.4 is 4.74 Å². The van der Waals surface area contributed by atoms with Crippen LogP contribution in [0.4, 0.5) is 5.69 Å². The fourth-order valence-electron chi connectivity index (χ4n) is 1.64. The lowest BCUT2D eigenvalue weighted by atomic mass is 10.1. The van der Waals surface area contributed by atoms with Gasteiger partial charge in [-0.05, 0) is 24.4 Å². The molecule has 7 nitrogen and oxygen atoms in total. The van der Waals surface area contributed by atoms with Crippen molar-refractivity contribution in [1.82, 2.24) is 14.8 Å². The van der Waals surface area contributed by atoms with Crippen molar-refractivity contribution in [3.63, 3.8) is 0 Å². The molecule has 2 rings (SSSR count). The highest BCUT2D eigenvalue weighted by Gasteiger charge is 2.24. The summed E-state index contributed by atoms with van der Waals surface area (Å²) < 4.78 is 6.96. The number of aromatic nitrogens is 3. The molecule has 94 valence electrons. The first-order chi connectivity index (χ1) is 8.56. The average molecular weight is 266 g/mol. The molecule has 1 aromatic heterocycles. The zero-order valence-electron chi connectivity index (χ0n) is 9.71. The molecule has 8 heteroatoms. The van der Waals surface area contributed by atoms with Crippen molar-refractivity contribution in [2.45, 2.75) is 0 Å². The molecule has 0 spiro atoms. The predicted octanol–water partition coefficient (Wildman–Crippen LogP) is 2.06. The van der Waals surface area contributed by atoms with Crippen molar-refractivity contribution < 1.29 is 9.66 Å². The summed E-state index contributed by atoms with van der Waals surface area (Å²) in [4.78, 5) is 10.7. The Morgan fingerprint density at radius 1 is 1.56 bits per heavy atom. The molecule has 1 heterocycles. The summed E-state index contributed by atoms with van der Waals surface area (Å²) in [5.41, 5.74) is 0.228. The molecule has 18 heavy (non-hydrogen) atoms.